The van der Waals surface area contributed by atoms with Gasteiger partial charge in [0.1, 0.15) is 5.75 Å². The van der Waals surface area contributed by atoms with Crippen LogP contribution in [0.15, 0.2) is 33.9 Å². The molecular formula is C21H27N5O3. The molecule has 1 aliphatic rings. The summed E-state index contributed by atoms with van der Waals surface area (Å²) in [5.74, 6) is 1.42. The molecule has 1 aliphatic carbocycles. The first-order valence-corrected chi connectivity index (χ1v) is 10.1. The second-order valence-corrected chi connectivity index (χ2v) is 7.73. The number of rotatable bonds is 5. The number of nitrogens with zero attached hydrogens (tertiary/aromatic N) is 4. The van der Waals surface area contributed by atoms with Gasteiger partial charge in [0.2, 0.25) is 5.95 Å². The SMILES string of the molecule is COc1ccc(Cn2c(NC3CCCCC3)nc3c2c(=O)n(C)c(=O)n3C)cc1. The summed E-state index contributed by atoms with van der Waals surface area (Å²) >= 11 is 0. The molecule has 0 unspecified atom stereocenters. The lowest BCUT2D eigenvalue weighted by Gasteiger charge is -2.23. The summed E-state index contributed by atoms with van der Waals surface area (Å²) < 4.78 is 9.71. The van der Waals surface area contributed by atoms with Crippen LogP contribution in [0.2, 0.25) is 0 Å². The van der Waals surface area contributed by atoms with Gasteiger partial charge in [-0.1, -0.05) is 31.4 Å². The summed E-state index contributed by atoms with van der Waals surface area (Å²) in [6.45, 7) is 0.475. The van der Waals surface area contributed by atoms with Crippen molar-refractivity contribution in [1.82, 2.24) is 18.7 Å². The van der Waals surface area contributed by atoms with Crippen LogP contribution in [-0.2, 0) is 20.6 Å². The Hall–Kier alpha value is -3.03. The zero-order chi connectivity index (χ0) is 20.5. The van der Waals surface area contributed by atoms with Gasteiger partial charge in [0.15, 0.2) is 11.2 Å². The average molecular weight is 397 g/mol. The van der Waals surface area contributed by atoms with Crippen molar-refractivity contribution in [2.24, 2.45) is 14.1 Å². The Labute approximate surface area is 168 Å². The van der Waals surface area contributed by atoms with Gasteiger partial charge in [0.05, 0.1) is 13.7 Å². The van der Waals surface area contributed by atoms with Crippen molar-refractivity contribution in [1.29, 1.82) is 0 Å². The second kappa shape index (κ2) is 7.77. The number of hydrogen-bond donors (Lipinski definition) is 1. The summed E-state index contributed by atoms with van der Waals surface area (Å²) in [6.07, 6.45) is 5.81. The molecule has 154 valence electrons. The Morgan fingerprint density at radius 1 is 1.07 bits per heavy atom. The van der Waals surface area contributed by atoms with Gasteiger partial charge < -0.3 is 10.1 Å². The van der Waals surface area contributed by atoms with E-state index >= 15 is 0 Å². The fourth-order valence-corrected chi connectivity index (χ4v) is 4.05. The number of methoxy groups -OCH3 is 1. The van der Waals surface area contributed by atoms with E-state index in [9.17, 15) is 9.59 Å². The molecule has 4 rings (SSSR count). The molecule has 1 fully saturated rings. The highest BCUT2D eigenvalue weighted by Gasteiger charge is 2.22. The quantitative estimate of drug-likeness (QED) is 0.714. The van der Waals surface area contributed by atoms with Crippen molar-refractivity contribution < 1.29 is 4.74 Å². The van der Waals surface area contributed by atoms with E-state index in [0.717, 1.165) is 28.7 Å². The lowest BCUT2D eigenvalue weighted by molar-refractivity contribution is 0.414. The van der Waals surface area contributed by atoms with Crippen LogP contribution in [-0.4, -0.2) is 31.8 Å². The Morgan fingerprint density at radius 2 is 1.76 bits per heavy atom. The molecule has 1 aromatic carbocycles. The van der Waals surface area contributed by atoms with Crippen molar-refractivity contribution in [3.05, 3.63) is 50.7 Å². The number of aromatic nitrogens is 4. The molecule has 0 radical (unpaired) electrons. The zero-order valence-corrected chi connectivity index (χ0v) is 17.1. The van der Waals surface area contributed by atoms with Gasteiger partial charge in [0.25, 0.3) is 5.56 Å². The highest BCUT2D eigenvalue weighted by molar-refractivity contribution is 5.74. The van der Waals surface area contributed by atoms with Gasteiger partial charge in [-0.05, 0) is 30.5 Å². The molecule has 1 saturated carbocycles. The molecule has 0 aliphatic heterocycles. The third kappa shape index (κ3) is 3.54. The first-order valence-electron chi connectivity index (χ1n) is 10.1. The van der Waals surface area contributed by atoms with E-state index in [-0.39, 0.29) is 11.2 Å². The molecule has 0 bridgehead atoms. The largest absolute Gasteiger partial charge is 0.497 e. The maximum Gasteiger partial charge on any atom is 0.332 e. The van der Waals surface area contributed by atoms with Gasteiger partial charge in [-0.15, -0.1) is 0 Å². The Kier molecular flexibility index (Phi) is 5.17. The van der Waals surface area contributed by atoms with Crippen LogP contribution in [0.3, 0.4) is 0 Å². The number of imidazole rings is 1. The van der Waals surface area contributed by atoms with Gasteiger partial charge in [-0.2, -0.15) is 4.98 Å². The van der Waals surface area contributed by atoms with E-state index in [1.807, 2.05) is 28.8 Å². The smallest absolute Gasteiger partial charge is 0.332 e. The number of benzene rings is 1. The average Bonchev–Trinajstić information content (AvgIpc) is 3.10. The minimum atomic E-state index is -0.374. The highest BCUT2D eigenvalue weighted by Crippen LogP contribution is 2.24. The fraction of sp³-hybridized carbons (Fsp3) is 0.476. The molecule has 0 spiro atoms. The first kappa shape index (κ1) is 19.3. The van der Waals surface area contributed by atoms with E-state index in [1.54, 1.807) is 14.2 Å². The highest BCUT2D eigenvalue weighted by atomic mass is 16.5. The molecule has 1 N–H and O–H groups in total. The van der Waals surface area contributed by atoms with Crippen LogP contribution in [0.25, 0.3) is 11.2 Å². The van der Waals surface area contributed by atoms with Crippen LogP contribution in [0.4, 0.5) is 5.95 Å². The van der Waals surface area contributed by atoms with E-state index in [4.69, 9.17) is 4.74 Å². The van der Waals surface area contributed by atoms with Gasteiger partial charge in [0, 0.05) is 20.1 Å². The number of ether oxygens (including phenoxy) is 1. The Morgan fingerprint density at radius 3 is 2.41 bits per heavy atom. The topological polar surface area (TPSA) is 83.1 Å². The number of anilines is 1. The monoisotopic (exact) mass is 397 g/mol. The van der Waals surface area contributed by atoms with E-state index < -0.39 is 0 Å². The van der Waals surface area contributed by atoms with Crippen molar-refractivity contribution in [2.45, 2.75) is 44.7 Å². The maximum atomic E-state index is 13.0. The van der Waals surface area contributed by atoms with Gasteiger partial charge in [-0.3, -0.25) is 18.5 Å². The normalized spacial score (nSPS) is 15.0. The van der Waals surface area contributed by atoms with Crippen LogP contribution in [0, 0.1) is 0 Å². The summed E-state index contributed by atoms with van der Waals surface area (Å²) in [5, 5.41) is 3.54. The van der Waals surface area contributed by atoms with Crippen molar-refractivity contribution >= 4 is 17.1 Å². The molecule has 8 heteroatoms. The van der Waals surface area contributed by atoms with E-state index in [1.165, 1.54) is 30.9 Å². The number of nitrogens with one attached hydrogen (secondary N) is 1. The predicted molar refractivity (Wildman–Crippen MR) is 113 cm³/mol. The third-order valence-corrected chi connectivity index (χ3v) is 5.79. The van der Waals surface area contributed by atoms with E-state index in [0.29, 0.717) is 29.7 Å². The summed E-state index contributed by atoms with van der Waals surface area (Å²) in [7, 11) is 4.79. The first-order chi connectivity index (χ1) is 14.0. The van der Waals surface area contributed by atoms with Crippen molar-refractivity contribution in [3.63, 3.8) is 0 Å². The molecule has 3 aromatic rings. The fourth-order valence-electron chi connectivity index (χ4n) is 4.05. The van der Waals surface area contributed by atoms with E-state index in [2.05, 4.69) is 10.3 Å². The predicted octanol–water partition coefficient (Wildman–Crippen LogP) is 2.24. The Balaban J connectivity index is 1.84. The van der Waals surface area contributed by atoms with Crippen LogP contribution in [0.5, 0.6) is 5.75 Å². The second-order valence-electron chi connectivity index (χ2n) is 7.73. The van der Waals surface area contributed by atoms with Crippen molar-refractivity contribution in [3.8, 4) is 5.75 Å². The lowest BCUT2D eigenvalue weighted by Crippen LogP contribution is -2.37. The summed E-state index contributed by atoms with van der Waals surface area (Å²) in [4.78, 5) is 30.0. The van der Waals surface area contributed by atoms with Gasteiger partial charge in [-0.25, -0.2) is 4.79 Å². The number of fused-ring (bicyclic) bond motifs is 1. The number of hydrogen-bond acceptors (Lipinski definition) is 5. The van der Waals surface area contributed by atoms with Crippen LogP contribution in [0.1, 0.15) is 37.7 Å². The molecular weight excluding hydrogens is 370 g/mol. The van der Waals surface area contributed by atoms with Crippen LogP contribution < -0.4 is 21.3 Å². The summed E-state index contributed by atoms with van der Waals surface area (Å²) in [5.41, 5.74) is 1.16. The molecule has 8 nitrogen and oxygen atoms in total. The molecule has 29 heavy (non-hydrogen) atoms. The lowest BCUT2D eigenvalue weighted by atomic mass is 9.96. The standard InChI is InChI=1S/C21H27N5O3/c1-24-18-17(19(27)25(2)21(24)28)26(13-14-9-11-16(29-3)12-10-14)20(23-18)22-15-7-5-4-6-8-15/h9-12,15H,4-8,13H2,1-3H3,(H,22,23). The Bertz CT molecular complexity index is 1130. The maximum absolute atomic E-state index is 13.0. The third-order valence-electron chi connectivity index (χ3n) is 5.79. The van der Waals surface area contributed by atoms with Crippen molar-refractivity contribution in [2.75, 3.05) is 12.4 Å². The molecule has 2 heterocycles. The number of aryl methyl sites for hydroxylation is 1. The minimum absolute atomic E-state index is 0.330. The molecule has 2 aromatic heterocycles. The zero-order valence-electron chi connectivity index (χ0n) is 17.1. The minimum Gasteiger partial charge on any atom is -0.497 e. The van der Waals surface area contributed by atoms with Gasteiger partial charge >= 0.3 is 5.69 Å². The molecule has 0 amide bonds. The molecule has 0 saturated heterocycles. The molecule has 0 atom stereocenters. The summed E-state index contributed by atoms with van der Waals surface area (Å²) in [6, 6.07) is 8.08. The van der Waals surface area contributed by atoms with Crippen LogP contribution >= 0.6 is 0 Å².